The van der Waals surface area contributed by atoms with Gasteiger partial charge in [-0.2, -0.15) is 0 Å². The summed E-state index contributed by atoms with van der Waals surface area (Å²) in [5.41, 5.74) is 1.87. The van der Waals surface area contributed by atoms with Gasteiger partial charge in [-0.05, 0) is 70.6 Å². The lowest BCUT2D eigenvalue weighted by Gasteiger charge is -2.11. The van der Waals surface area contributed by atoms with Crippen molar-refractivity contribution in [3.8, 4) is 0 Å². The van der Waals surface area contributed by atoms with Gasteiger partial charge in [0.25, 0.3) is 10.0 Å². The van der Waals surface area contributed by atoms with Gasteiger partial charge in [0, 0.05) is 28.2 Å². The molecule has 0 bridgehead atoms. The summed E-state index contributed by atoms with van der Waals surface area (Å²) in [4.78, 5) is 16.1. The third-order valence-electron chi connectivity index (χ3n) is 3.72. The first kappa shape index (κ1) is 20.1. The topological polar surface area (TPSA) is 100 Å². The highest BCUT2D eigenvalue weighted by molar-refractivity contribution is 14.1. The summed E-state index contributed by atoms with van der Waals surface area (Å²) in [6, 6.07) is 16.3. The van der Waals surface area contributed by atoms with Gasteiger partial charge in [0.05, 0.1) is 10.6 Å². The number of halogens is 1. The van der Waals surface area contributed by atoms with E-state index < -0.39 is 16.1 Å². The Hall–Kier alpha value is -2.66. The fourth-order valence-electron chi connectivity index (χ4n) is 2.33. The van der Waals surface area contributed by atoms with Crippen molar-refractivity contribution in [2.24, 2.45) is 0 Å². The molecule has 0 spiro atoms. The van der Waals surface area contributed by atoms with Crippen LogP contribution in [0.3, 0.4) is 0 Å². The second-order valence-electron chi connectivity index (χ2n) is 5.78. The number of para-hydroxylation sites is 1. The monoisotopic (exact) mass is 508 g/mol. The lowest BCUT2D eigenvalue weighted by Crippen LogP contribution is -2.28. The van der Waals surface area contributed by atoms with Crippen LogP contribution in [-0.2, 0) is 16.6 Å². The van der Waals surface area contributed by atoms with Gasteiger partial charge < -0.3 is 10.6 Å². The first-order chi connectivity index (χ1) is 13.4. The number of nitrogens with zero attached hydrogens (tertiary/aromatic N) is 1. The van der Waals surface area contributed by atoms with Gasteiger partial charge >= 0.3 is 6.03 Å². The molecule has 3 rings (SSSR count). The van der Waals surface area contributed by atoms with Gasteiger partial charge in [0.15, 0.2) is 0 Å². The Morgan fingerprint density at radius 1 is 1.00 bits per heavy atom. The Balaban J connectivity index is 1.61. The minimum atomic E-state index is -3.72. The highest BCUT2D eigenvalue weighted by Crippen LogP contribution is 2.22. The summed E-state index contributed by atoms with van der Waals surface area (Å²) in [6.07, 6.45) is 3.33. The lowest BCUT2D eigenvalue weighted by molar-refractivity contribution is 0.251. The minimum absolute atomic E-state index is 0.105. The molecule has 0 saturated carbocycles. The maximum atomic E-state index is 12.5. The van der Waals surface area contributed by atoms with E-state index in [0.717, 1.165) is 9.13 Å². The molecular formula is C19H17IN4O3S. The summed E-state index contributed by atoms with van der Waals surface area (Å²) in [5, 5.41) is 5.37. The van der Waals surface area contributed by atoms with E-state index in [1.807, 2.05) is 18.2 Å². The molecule has 144 valence electrons. The molecule has 0 aliphatic rings. The number of carbonyl (C=O) groups excluding carboxylic acids is 1. The molecule has 3 N–H and O–H groups in total. The third kappa shape index (κ3) is 5.42. The predicted octanol–water partition coefficient (Wildman–Crippen LogP) is 3.81. The maximum absolute atomic E-state index is 12.5. The normalized spacial score (nSPS) is 10.9. The number of amides is 2. The van der Waals surface area contributed by atoms with E-state index >= 15 is 0 Å². The molecule has 0 saturated heterocycles. The number of carbonyl (C=O) groups is 1. The van der Waals surface area contributed by atoms with E-state index in [1.54, 1.807) is 30.6 Å². The summed E-state index contributed by atoms with van der Waals surface area (Å²) in [5.74, 6) is 0. The number of hydrogen-bond donors (Lipinski definition) is 3. The first-order valence-electron chi connectivity index (χ1n) is 8.25. The van der Waals surface area contributed by atoms with Gasteiger partial charge in [0.1, 0.15) is 0 Å². The van der Waals surface area contributed by atoms with Crippen LogP contribution in [-0.4, -0.2) is 19.4 Å². The van der Waals surface area contributed by atoms with E-state index in [1.165, 1.54) is 24.3 Å². The molecule has 9 heteroatoms. The van der Waals surface area contributed by atoms with Crippen LogP contribution in [0, 0.1) is 3.57 Å². The van der Waals surface area contributed by atoms with E-state index in [4.69, 9.17) is 0 Å². The van der Waals surface area contributed by atoms with Gasteiger partial charge in [0.2, 0.25) is 0 Å². The third-order valence-corrected chi connectivity index (χ3v) is 6.04. The Morgan fingerprint density at radius 3 is 2.43 bits per heavy atom. The molecule has 0 fully saturated rings. The highest BCUT2D eigenvalue weighted by atomic mass is 127. The number of hydrogen-bond acceptors (Lipinski definition) is 4. The van der Waals surface area contributed by atoms with Crippen molar-refractivity contribution in [2.75, 3.05) is 10.0 Å². The van der Waals surface area contributed by atoms with E-state index in [0.29, 0.717) is 17.9 Å². The van der Waals surface area contributed by atoms with Crippen LogP contribution in [0.25, 0.3) is 0 Å². The standard InChI is InChI=1S/C19H17IN4O3S/c20-17-5-1-2-6-18(17)24-28(26,27)16-9-7-15(8-10-16)23-19(25)22-13-14-4-3-11-21-12-14/h1-12,24H,13H2,(H2,22,23,25). The molecule has 0 unspecified atom stereocenters. The molecular weight excluding hydrogens is 491 g/mol. The molecule has 3 aromatic rings. The predicted molar refractivity (Wildman–Crippen MR) is 117 cm³/mol. The van der Waals surface area contributed by atoms with Gasteiger partial charge in [-0.3, -0.25) is 9.71 Å². The van der Waals surface area contributed by atoms with Crippen LogP contribution in [0.5, 0.6) is 0 Å². The molecule has 0 radical (unpaired) electrons. The average Bonchev–Trinajstić information content (AvgIpc) is 2.69. The number of benzene rings is 2. The summed E-state index contributed by atoms with van der Waals surface area (Å²) in [7, 11) is -3.72. The highest BCUT2D eigenvalue weighted by Gasteiger charge is 2.15. The zero-order chi connectivity index (χ0) is 20.0. The van der Waals surface area contributed by atoms with Gasteiger partial charge in [-0.1, -0.05) is 18.2 Å². The molecule has 1 heterocycles. The van der Waals surface area contributed by atoms with Crippen molar-refractivity contribution in [3.63, 3.8) is 0 Å². The Bertz CT molecular complexity index is 1060. The Kier molecular flexibility index (Phi) is 6.47. The first-order valence-corrected chi connectivity index (χ1v) is 10.8. The van der Waals surface area contributed by atoms with Crippen LogP contribution in [0.2, 0.25) is 0 Å². The van der Waals surface area contributed by atoms with Gasteiger partial charge in [-0.15, -0.1) is 0 Å². The quantitative estimate of drug-likeness (QED) is 0.441. The minimum Gasteiger partial charge on any atom is -0.334 e. The average molecular weight is 508 g/mol. The summed E-state index contributed by atoms with van der Waals surface area (Å²) < 4.78 is 28.4. The van der Waals surface area contributed by atoms with E-state index in [-0.39, 0.29) is 4.90 Å². The zero-order valence-corrected chi connectivity index (χ0v) is 17.6. The molecule has 0 aliphatic carbocycles. The van der Waals surface area contributed by atoms with Crippen molar-refractivity contribution in [3.05, 3.63) is 82.2 Å². The summed E-state index contributed by atoms with van der Waals surface area (Å²) >= 11 is 2.06. The molecule has 1 aromatic heterocycles. The zero-order valence-electron chi connectivity index (χ0n) is 14.6. The number of sulfonamides is 1. The number of nitrogens with one attached hydrogen (secondary N) is 3. The van der Waals surface area contributed by atoms with Gasteiger partial charge in [-0.25, -0.2) is 13.2 Å². The fourth-order valence-corrected chi connectivity index (χ4v) is 4.11. The number of anilines is 2. The number of rotatable bonds is 6. The number of pyridine rings is 1. The van der Waals surface area contributed by atoms with E-state index in [9.17, 15) is 13.2 Å². The molecule has 28 heavy (non-hydrogen) atoms. The van der Waals surface area contributed by atoms with E-state index in [2.05, 4.69) is 42.9 Å². The van der Waals surface area contributed by atoms with Crippen molar-refractivity contribution in [1.29, 1.82) is 0 Å². The lowest BCUT2D eigenvalue weighted by atomic mass is 10.3. The van der Waals surface area contributed by atoms with Crippen LogP contribution < -0.4 is 15.4 Å². The molecule has 0 aliphatic heterocycles. The Morgan fingerprint density at radius 2 is 1.75 bits per heavy atom. The largest absolute Gasteiger partial charge is 0.334 e. The van der Waals surface area contributed by atoms with Crippen LogP contribution >= 0.6 is 22.6 Å². The summed E-state index contributed by atoms with van der Waals surface area (Å²) in [6.45, 7) is 0.339. The SMILES string of the molecule is O=C(NCc1cccnc1)Nc1ccc(S(=O)(=O)Nc2ccccc2I)cc1. The molecule has 7 nitrogen and oxygen atoms in total. The smallest absolute Gasteiger partial charge is 0.319 e. The second kappa shape index (κ2) is 9.02. The van der Waals surface area contributed by atoms with Crippen LogP contribution in [0.15, 0.2) is 78.0 Å². The molecule has 2 aromatic carbocycles. The second-order valence-corrected chi connectivity index (χ2v) is 8.62. The van der Waals surface area contributed by atoms with Crippen molar-refractivity contribution < 1.29 is 13.2 Å². The Labute approximate surface area is 176 Å². The maximum Gasteiger partial charge on any atom is 0.319 e. The molecule has 2 amide bonds. The number of aromatic nitrogens is 1. The van der Waals surface area contributed by atoms with Crippen molar-refractivity contribution in [1.82, 2.24) is 10.3 Å². The fraction of sp³-hybridized carbons (Fsp3) is 0.0526. The molecule has 0 atom stereocenters. The van der Waals surface area contributed by atoms with Crippen molar-refractivity contribution in [2.45, 2.75) is 11.4 Å². The van der Waals surface area contributed by atoms with Crippen LogP contribution in [0.1, 0.15) is 5.56 Å². The van der Waals surface area contributed by atoms with Crippen LogP contribution in [0.4, 0.5) is 16.2 Å². The van der Waals surface area contributed by atoms with Crippen molar-refractivity contribution >= 4 is 50.0 Å². The number of urea groups is 1.